The van der Waals surface area contributed by atoms with Gasteiger partial charge in [-0.05, 0) is 47.7 Å². The largest absolute Gasteiger partial charge is 0.496 e. The monoisotopic (exact) mass is 342 g/mol. The summed E-state index contributed by atoms with van der Waals surface area (Å²) < 4.78 is 33.5. The predicted octanol–water partition coefficient (Wildman–Crippen LogP) is 2.03. The summed E-state index contributed by atoms with van der Waals surface area (Å²) in [5.41, 5.74) is 0. The molecule has 1 aromatic carbocycles. The van der Waals surface area contributed by atoms with Crippen molar-refractivity contribution in [1.82, 2.24) is 0 Å². The zero-order chi connectivity index (χ0) is 11.5. The second-order valence-corrected chi connectivity index (χ2v) is 5.43. The van der Waals surface area contributed by atoms with Crippen molar-refractivity contribution >= 4 is 32.7 Å². The molecule has 0 aliphatic heterocycles. The molecule has 0 bridgehead atoms. The standard InChI is InChI=1S/C9H11IO4S/c1-3-14-15(11,12)7-4-5-9(13-2)8(10)6-7/h4-6H,3H2,1-2H3. The number of hydrogen-bond donors (Lipinski definition) is 0. The van der Waals surface area contributed by atoms with E-state index in [2.05, 4.69) is 4.18 Å². The molecule has 1 rings (SSSR count). The van der Waals surface area contributed by atoms with Crippen LogP contribution in [0.4, 0.5) is 0 Å². The Labute approximate surface area is 103 Å². The van der Waals surface area contributed by atoms with Crippen molar-refractivity contribution in [1.29, 1.82) is 0 Å². The van der Waals surface area contributed by atoms with Gasteiger partial charge < -0.3 is 4.74 Å². The molecule has 0 spiro atoms. The number of rotatable bonds is 4. The van der Waals surface area contributed by atoms with Gasteiger partial charge in [0.1, 0.15) is 5.75 Å². The third-order valence-corrected chi connectivity index (χ3v) is 3.91. The Kier molecular flexibility index (Phi) is 4.35. The van der Waals surface area contributed by atoms with E-state index in [4.69, 9.17) is 4.74 Å². The van der Waals surface area contributed by atoms with Crippen LogP contribution in [0.1, 0.15) is 6.92 Å². The molecule has 15 heavy (non-hydrogen) atoms. The first-order chi connectivity index (χ1) is 7.01. The van der Waals surface area contributed by atoms with Crippen LogP contribution in [0.5, 0.6) is 5.75 Å². The fraction of sp³-hybridized carbons (Fsp3) is 0.333. The van der Waals surface area contributed by atoms with E-state index >= 15 is 0 Å². The molecular weight excluding hydrogens is 331 g/mol. The zero-order valence-electron chi connectivity index (χ0n) is 8.36. The molecule has 0 radical (unpaired) electrons. The van der Waals surface area contributed by atoms with Crippen LogP contribution < -0.4 is 4.74 Å². The van der Waals surface area contributed by atoms with E-state index < -0.39 is 10.1 Å². The van der Waals surface area contributed by atoms with E-state index in [1.165, 1.54) is 19.2 Å². The Bertz CT molecular complexity index is 441. The third-order valence-electron chi connectivity index (χ3n) is 1.68. The van der Waals surface area contributed by atoms with Crippen LogP contribution in [0.15, 0.2) is 23.1 Å². The van der Waals surface area contributed by atoms with E-state index in [-0.39, 0.29) is 11.5 Å². The quantitative estimate of drug-likeness (QED) is 0.621. The topological polar surface area (TPSA) is 52.6 Å². The van der Waals surface area contributed by atoms with Gasteiger partial charge in [0.25, 0.3) is 10.1 Å². The van der Waals surface area contributed by atoms with Crippen LogP contribution in [0.3, 0.4) is 0 Å². The minimum absolute atomic E-state index is 0.130. The summed E-state index contributed by atoms with van der Waals surface area (Å²) in [5, 5.41) is 0. The first-order valence-corrected chi connectivity index (χ1v) is 6.73. The van der Waals surface area contributed by atoms with Gasteiger partial charge in [0.2, 0.25) is 0 Å². The highest BCUT2D eigenvalue weighted by atomic mass is 127. The molecule has 0 fully saturated rings. The van der Waals surface area contributed by atoms with Gasteiger partial charge in [-0.25, -0.2) is 0 Å². The molecule has 4 nitrogen and oxygen atoms in total. The van der Waals surface area contributed by atoms with Gasteiger partial charge in [-0.3, -0.25) is 4.18 Å². The van der Waals surface area contributed by atoms with Gasteiger partial charge in [-0.15, -0.1) is 0 Å². The molecule has 0 amide bonds. The van der Waals surface area contributed by atoms with Crippen molar-refractivity contribution in [2.75, 3.05) is 13.7 Å². The maximum absolute atomic E-state index is 11.5. The van der Waals surface area contributed by atoms with Crippen molar-refractivity contribution in [2.24, 2.45) is 0 Å². The summed E-state index contributed by atoms with van der Waals surface area (Å²) in [7, 11) is -2.08. The summed E-state index contributed by atoms with van der Waals surface area (Å²) in [4.78, 5) is 0.148. The van der Waals surface area contributed by atoms with E-state index in [1.54, 1.807) is 13.0 Å². The number of ether oxygens (including phenoxy) is 1. The van der Waals surface area contributed by atoms with Gasteiger partial charge in [-0.1, -0.05) is 0 Å². The van der Waals surface area contributed by atoms with Crippen LogP contribution in [-0.4, -0.2) is 22.1 Å². The average molecular weight is 342 g/mol. The molecule has 0 heterocycles. The second kappa shape index (κ2) is 5.13. The van der Waals surface area contributed by atoms with Crippen molar-refractivity contribution in [3.63, 3.8) is 0 Å². The van der Waals surface area contributed by atoms with Crippen LogP contribution in [-0.2, 0) is 14.3 Å². The highest BCUT2D eigenvalue weighted by Crippen LogP contribution is 2.24. The molecule has 0 aliphatic carbocycles. The molecule has 1 aromatic rings. The molecule has 0 saturated heterocycles. The predicted molar refractivity (Wildman–Crippen MR) is 64.5 cm³/mol. The van der Waals surface area contributed by atoms with Gasteiger partial charge in [0.05, 0.1) is 22.2 Å². The maximum atomic E-state index is 11.5. The molecule has 0 N–H and O–H groups in total. The lowest BCUT2D eigenvalue weighted by molar-refractivity contribution is 0.338. The number of methoxy groups -OCH3 is 1. The average Bonchev–Trinajstić information content (AvgIpc) is 2.17. The van der Waals surface area contributed by atoms with Crippen LogP contribution in [0, 0.1) is 3.57 Å². The van der Waals surface area contributed by atoms with Crippen LogP contribution in [0.25, 0.3) is 0 Å². The summed E-state index contributed by atoms with van der Waals surface area (Å²) in [6.45, 7) is 1.76. The summed E-state index contributed by atoms with van der Waals surface area (Å²) in [6.07, 6.45) is 0. The highest BCUT2D eigenvalue weighted by Gasteiger charge is 2.15. The number of benzene rings is 1. The fourth-order valence-electron chi connectivity index (χ4n) is 1.03. The zero-order valence-corrected chi connectivity index (χ0v) is 11.3. The summed E-state index contributed by atoms with van der Waals surface area (Å²) >= 11 is 2.01. The van der Waals surface area contributed by atoms with Gasteiger partial charge in [0, 0.05) is 0 Å². The van der Waals surface area contributed by atoms with E-state index in [9.17, 15) is 8.42 Å². The third kappa shape index (κ3) is 3.05. The molecule has 0 aliphatic rings. The Morgan fingerprint density at radius 3 is 2.53 bits per heavy atom. The second-order valence-electron chi connectivity index (χ2n) is 2.66. The number of halogens is 1. The molecule has 0 atom stereocenters. The maximum Gasteiger partial charge on any atom is 0.297 e. The number of hydrogen-bond acceptors (Lipinski definition) is 4. The molecule has 0 unspecified atom stereocenters. The lowest BCUT2D eigenvalue weighted by Gasteiger charge is -2.06. The Hall–Kier alpha value is -0.340. The van der Waals surface area contributed by atoms with Gasteiger partial charge >= 0.3 is 0 Å². The summed E-state index contributed by atoms with van der Waals surface area (Å²) in [5.74, 6) is 0.644. The minimum atomic E-state index is -3.62. The lowest BCUT2D eigenvalue weighted by atomic mass is 10.3. The van der Waals surface area contributed by atoms with Crippen LogP contribution in [0.2, 0.25) is 0 Å². The van der Waals surface area contributed by atoms with Crippen LogP contribution >= 0.6 is 22.6 Å². The van der Waals surface area contributed by atoms with Crippen molar-refractivity contribution in [3.05, 3.63) is 21.8 Å². The van der Waals surface area contributed by atoms with E-state index in [0.717, 1.165) is 3.57 Å². The van der Waals surface area contributed by atoms with Gasteiger partial charge in [0.15, 0.2) is 0 Å². The highest BCUT2D eigenvalue weighted by molar-refractivity contribution is 14.1. The molecule has 0 aromatic heterocycles. The normalized spacial score (nSPS) is 11.4. The molecule has 6 heteroatoms. The van der Waals surface area contributed by atoms with E-state index in [1.807, 2.05) is 22.6 Å². The van der Waals surface area contributed by atoms with Gasteiger partial charge in [-0.2, -0.15) is 8.42 Å². The first-order valence-electron chi connectivity index (χ1n) is 4.24. The van der Waals surface area contributed by atoms with Crippen molar-refractivity contribution < 1.29 is 17.3 Å². The summed E-state index contributed by atoms with van der Waals surface area (Å²) in [6, 6.07) is 4.59. The SMILES string of the molecule is CCOS(=O)(=O)c1ccc(OC)c(I)c1. The first kappa shape index (κ1) is 12.7. The lowest BCUT2D eigenvalue weighted by Crippen LogP contribution is -2.06. The Morgan fingerprint density at radius 2 is 2.07 bits per heavy atom. The smallest absolute Gasteiger partial charge is 0.297 e. The molecular formula is C9H11IO4S. The Balaban J connectivity index is 3.13. The molecule has 84 valence electrons. The fourth-order valence-corrected chi connectivity index (χ4v) is 2.92. The van der Waals surface area contributed by atoms with Crippen molar-refractivity contribution in [3.8, 4) is 5.75 Å². The van der Waals surface area contributed by atoms with Crippen molar-refractivity contribution in [2.45, 2.75) is 11.8 Å². The Morgan fingerprint density at radius 1 is 1.40 bits per heavy atom. The molecule has 0 saturated carbocycles. The minimum Gasteiger partial charge on any atom is -0.496 e. The van der Waals surface area contributed by atoms with E-state index in [0.29, 0.717) is 5.75 Å².